The SMILES string of the molecule is CC1C(F)C(=O)[C@@H](COP(=O)(O)O)O[C@H]1n1cnc2c(N)nc(N)nc21. The lowest BCUT2D eigenvalue weighted by atomic mass is 9.94. The zero-order chi connectivity index (χ0) is 19.2. The number of hydrogen-bond acceptors (Lipinski definition) is 9. The molecule has 0 aliphatic carbocycles. The number of ketones is 1. The van der Waals surface area contributed by atoms with E-state index in [0.29, 0.717) is 0 Å². The van der Waals surface area contributed by atoms with E-state index in [1.165, 1.54) is 17.8 Å². The molecule has 6 N–H and O–H groups in total. The summed E-state index contributed by atoms with van der Waals surface area (Å²) in [5, 5.41) is 0. The third-order valence-electron chi connectivity index (χ3n) is 3.94. The number of phosphoric ester groups is 1. The molecule has 4 atom stereocenters. The van der Waals surface area contributed by atoms with Gasteiger partial charge in [0.05, 0.1) is 12.9 Å². The maximum Gasteiger partial charge on any atom is 0.469 e. The minimum absolute atomic E-state index is 0.0176. The minimum Gasteiger partial charge on any atom is -0.382 e. The first-order chi connectivity index (χ1) is 12.1. The number of phosphoric acid groups is 1. The van der Waals surface area contributed by atoms with Crippen LogP contribution < -0.4 is 11.5 Å². The summed E-state index contributed by atoms with van der Waals surface area (Å²) < 4.78 is 36.4. The van der Waals surface area contributed by atoms with Crippen LogP contribution in [-0.2, 0) is 18.6 Å². The van der Waals surface area contributed by atoms with Crippen LogP contribution in [0.15, 0.2) is 6.33 Å². The van der Waals surface area contributed by atoms with Crippen molar-refractivity contribution in [2.75, 3.05) is 18.1 Å². The number of aromatic nitrogens is 4. The molecule has 1 fully saturated rings. The summed E-state index contributed by atoms with van der Waals surface area (Å²) in [5.74, 6) is -2.03. The Morgan fingerprint density at radius 3 is 2.77 bits per heavy atom. The molecule has 1 saturated heterocycles. The second kappa shape index (κ2) is 6.52. The zero-order valence-electron chi connectivity index (χ0n) is 13.4. The number of carbonyl (C=O) groups excluding carboxylic acids is 1. The van der Waals surface area contributed by atoms with Gasteiger partial charge in [0.15, 0.2) is 23.4 Å². The molecule has 0 amide bonds. The van der Waals surface area contributed by atoms with Crippen LogP contribution in [0.5, 0.6) is 0 Å². The van der Waals surface area contributed by atoms with E-state index in [1.807, 2.05) is 0 Å². The average Bonchev–Trinajstić information content (AvgIpc) is 2.95. The summed E-state index contributed by atoms with van der Waals surface area (Å²) in [6.45, 7) is 0.631. The fraction of sp³-hybridized carbons (Fsp3) is 0.500. The van der Waals surface area contributed by atoms with Crippen molar-refractivity contribution in [3.8, 4) is 0 Å². The molecule has 0 aromatic carbocycles. The van der Waals surface area contributed by atoms with Gasteiger partial charge in [-0.15, -0.1) is 0 Å². The standard InChI is InChI=1S/C12H16FN6O6P/c1-4-6(13)8(20)5(2-24-26(21,22)23)25-11(4)19-3-16-7-9(14)17-12(15)18-10(7)19/h3-6,11H,2H2,1H3,(H2,21,22,23)(H4,14,15,17,18)/t4?,5-,6?,11-/m1/s1. The minimum atomic E-state index is -4.85. The van der Waals surface area contributed by atoms with Crippen molar-refractivity contribution in [2.45, 2.75) is 25.4 Å². The van der Waals surface area contributed by atoms with Gasteiger partial charge >= 0.3 is 7.82 Å². The van der Waals surface area contributed by atoms with Gasteiger partial charge in [0, 0.05) is 5.92 Å². The number of rotatable bonds is 4. The fourth-order valence-electron chi connectivity index (χ4n) is 2.69. The number of imidazole rings is 1. The van der Waals surface area contributed by atoms with E-state index in [2.05, 4.69) is 19.5 Å². The van der Waals surface area contributed by atoms with Crippen molar-refractivity contribution in [2.24, 2.45) is 5.92 Å². The molecule has 12 nitrogen and oxygen atoms in total. The Morgan fingerprint density at radius 2 is 2.12 bits per heavy atom. The first kappa shape index (κ1) is 18.6. The van der Waals surface area contributed by atoms with Gasteiger partial charge in [-0.3, -0.25) is 13.9 Å². The molecule has 14 heteroatoms. The molecule has 0 saturated carbocycles. The summed E-state index contributed by atoms with van der Waals surface area (Å²) in [6, 6.07) is 0. The number of Topliss-reactive ketones (excluding diaryl/α,β-unsaturated/α-hetero) is 1. The van der Waals surface area contributed by atoms with Gasteiger partial charge in [-0.1, -0.05) is 6.92 Å². The van der Waals surface area contributed by atoms with Gasteiger partial charge in [-0.25, -0.2) is 13.9 Å². The van der Waals surface area contributed by atoms with Crippen molar-refractivity contribution < 1.29 is 32.8 Å². The lowest BCUT2D eigenvalue weighted by Crippen LogP contribution is -2.48. The molecular weight excluding hydrogens is 374 g/mol. The topological polar surface area (TPSA) is 189 Å². The van der Waals surface area contributed by atoms with Crippen molar-refractivity contribution in [3.63, 3.8) is 0 Å². The quantitative estimate of drug-likeness (QED) is 0.494. The van der Waals surface area contributed by atoms with Gasteiger partial charge in [0.2, 0.25) is 5.95 Å². The van der Waals surface area contributed by atoms with E-state index >= 15 is 0 Å². The number of anilines is 2. The number of nitrogens with two attached hydrogens (primary N) is 2. The van der Waals surface area contributed by atoms with E-state index in [1.54, 1.807) is 0 Å². The second-order valence-corrected chi connectivity index (χ2v) is 7.00. The molecule has 142 valence electrons. The molecule has 0 spiro atoms. The summed E-state index contributed by atoms with van der Waals surface area (Å²) >= 11 is 0. The first-order valence-corrected chi connectivity index (χ1v) is 8.90. The van der Waals surface area contributed by atoms with Crippen molar-refractivity contribution >= 4 is 36.5 Å². The number of ether oxygens (including phenoxy) is 1. The molecule has 1 aliphatic heterocycles. The average molecular weight is 390 g/mol. The molecule has 0 bridgehead atoms. The molecule has 2 aromatic rings. The Balaban J connectivity index is 1.96. The van der Waals surface area contributed by atoms with Crippen LogP contribution in [0.25, 0.3) is 11.2 Å². The molecular formula is C12H16FN6O6P. The summed E-state index contributed by atoms with van der Waals surface area (Å²) in [6.07, 6.45) is -3.26. The summed E-state index contributed by atoms with van der Waals surface area (Å²) in [4.78, 5) is 41.4. The molecule has 0 radical (unpaired) electrons. The Hall–Kier alpha value is -2.18. The molecule has 3 heterocycles. The Kier molecular flexibility index (Phi) is 4.67. The maximum absolute atomic E-state index is 14.4. The number of fused-ring (bicyclic) bond motifs is 1. The predicted octanol–water partition coefficient (Wildman–Crippen LogP) is -0.459. The highest BCUT2D eigenvalue weighted by molar-refractivity contribution is 7.46. The van der Waals surface area contributed by atoms with Crippen LogP contribution in [0.4, 0.5) is 16.2 Å². The van der Waals surface area contributed by atoms with Gasteiger partial charge < -0.3 is 26.0 Å². The Bertz CT molecular complexity index is 902. The highest BCUT2D eigenvalue weighted by Crippen LogP contribution is 2.39. The van der Waals surface area contributed by atoms with Gasteiger partial charge in [-0.2, -0.15) is 9.97 Å². The van der Waals surface area contributed by atoms with Gasteiger partial charge in [0.1, 0.15) is 17.8 Å². The predicted molar refractivity (Wildman–Crippen MR) is 85.1 cm³/mol. The van der Waals surface area contributed by atoms with Crippen LogP contribution in [0.1, 0.15) is 13.2 Å². The van der Waals surface area contributed by atoms with Gasteiger partial charge in [0.25, 0.3) is 0 Å². The Morgan fingerprint density at radius 1 is 1.42 bits per heavy atom. The van der Waals surface area contributed by atoms with E-state index in [-0.39, 0.29) is 22.9 Å². The number of alkyl halides is 1. The smallest absolute Gasteiger partial charge is 0.382 e. The number of carbonyl (C=O) groups is 1. The van der Waals surface area contributed by atoms with Crippen LogP contribution in [0.3, 0.4) is 0 Å². The van der Waals surface area contributed by atoms with Crippen molar-refractivity contribution in [1.29, 1.82) is 0 Å². The molecule has 2 aromatic heterocycles. The van der Waals surface area contributed by atoms with Gasteiger partial charge in [-0.05, 0) is 0 Å². The maximum atomic E-state index is 14.4. The van der Waals surface area contributed by atoms with E-state index in [0.717, 1.165) is 0 Å². The summed E-state index contributed by atoms with van der Waals surface area (Å²) in [5.41, 5.74) is 11.7. The molecule has 1 aliphatic rings. The molecule has 3 rings (SSSR count). The zero-order valence-corrected chi connectivity index (χ0v) is 14.3. The normalized spacial score (nSPS) is 27.2. The summed E-state index contributed by atoms with van der Waals surface area (Å²) in [7, 11) is -4.85. The number of hydrogen-bond donors (Lipinski definition) is 4. The third kappa shape index (κ3) is 3.39. The number of halogens is 1. The van der Waals surface area contributed by atoms with Crippen molar-refractivity contribution in [1.82, 2.24) is 19.5 Å². The molecule has 2 unspecified atom stereocenters. The number of nitrogens with zero attached hydrogens (tertiary/aromatic N) is 4. The number of nitrogen functional groups attached to an aromatic ring is 2. The monoisotopic (exact) mass is 390 g/mol. The van der Waals surface area contributed by atoms with Crippen LogP contribution in [0.2, 0.25) is 0 Å². The second-order valence-electron chi connectivity index (χ2n) is 5.76. The lowest BCUT2D eigenvalue weighted by molar-refractivity contribution is -0.176. The van der Waals surface area contributed by atoms with Crippen LogP contribution in [-0.4, -0.2) is 54.0 Å². The fourth-order valence-corrected chi connectivity index (χ4v) is 3.02. The van der Waals surface area contributed by atoms with Crippen molar-refractivity contribution in [3.05, 3.63) is 6.33 Å². The highest BCUT2D eigenvalue weighted by Gasteiger charge is 2.45. The van der Waals surface area contributed by atoms with Crippen LogP contribution in [0, 0.1) is 5.92 Å². The molecule has 26 heavy (non-hydrogen) atoms. The Labute approximate surface area is 145 Å². The van der Waals surface area contributed by atoms with E-state index in [9.17, 15) is 13.8 Å². The van der Waals surface area contributed by atoms with E-state index in [4.69, 9.17) is 26.0 Å². The van der Waals surface area contributed by atoms with E-state index < -0.39 is 44.6 Å². The largest absolute Gasteiger partial charge is 0.469 e. The lowest BCUT2D eigenvalue weighted by Gasteiger charge is -2.36. The first-order valence-electron chi connectivity index (χ1n) is 7.37. The third-order valence-corrected chi connectivity index (χ3v) is 4.42. The van der Waals surface area contributed by atoms with Crippen LogP contribution >= 0.6 is 7.82 Å². The highest BCUT2D eigenvalue weighted by atomic mass is 31.2.